The second-order valence-corrected chi connectivity index (χ2v) is 10.7. The fourth-order valence-electron chi connectivity index (χ4n) is 4.68. The van der Waals surface area contributed by atoms with Crippen molar-refractivity contribution in [3.63, 3.8) is 0 Å². The number of hydroxylamine groups is 2. The van der Waals surface area contributed by atoms with Crippen molar-refractivity contribution in [2.75, 3.05) is 72.0 Å². The third kappa shape index (κ3) is 16.8. The maximum Gasteiger partial charge on any atom is 0.333 e. The lowest BCUT2D eigenvalue weighted by Crippen LogP contribution is -2.44. The molecule has 0 aromatic carbocycles. The number of carbonyl (C=O) groups excluding carboxylic acids is 5. The first kappa shape index (κ1) is 37.5. The maximum absolute atomic E-state index is 12.6. The Kier molecular flexibility index (Phi) is 20.5. The molecule has 242 valence electrons. The van der Waals surface area contributed by atoms with Crippen molar-refractivity contribution in [1.82, 2.24) is 30.4 Å². The Morgan fingerprint density at radius 2 is 1.10 bits per heavy atom. The van der Waals surface area contributed by atoms with Gasteiger partial charge in [-0.15, -0.1) is 5.06 Å². The van der Waals surface area contributed by atoms with E-state index in [1.54, 1.807) is 0 Å². The van der Waals surface area contributed by atoms with E-state index in [4.69, 9.17) is 4.84 Å². The first-order valence-corrected chi connectivity index (χ1v) is 16.0. The van der Waals surface area contributed by atoms with E-state index in [1.165, 1.54) is 0 Å². The number of hydrogen-bond acceptors (Lipinski definition) is 9. The minimum absolute atomic E-state index is 0.00144. The van der Waals surface area contributed by atoms with E-state index in [9.17, 15) is 24.0 Å². The average molecular weight is 597 g/mol. The van der Waals surface area contributed by atoms with Crippen molar-refractivity contribution in [2.24, 2.45) is 0 Å². The molecule has 0 aromatic rings. The second kappa shape index (κ2) is 23.0. The van der Waals surface area contributed by atoms with Crippen LogP contribution in [-0.4, -0.2) is 121 Å². The lowest BCUT2D eigenvalue weighted by molar-refractivity contribution is -0.197. The van der Waals surface area contributed by atoms with Crippen molar-refractivity contribution < 1.29 is 28.8 Å². The van der Waals surface area contributed by atoms with Gasteiger partial charge in [-0.05, 0) is 51.9 Å². The highest BCUT2D eigenvalue weighted by Gasteiger charge is 2.32. The van der Waals surface area contributed by atoms with Crippen LogP contribution in [0.3, 0.4) is 0 Å². The van der Waals surface area contributed by atoms with Crippen LogP contribution in [-0.2, 0) is 28.8 Å². The highest BCUT2D eigenvalue weighted by atomic mass is 16.7. The standard InChI is InChI=1S/C30H56N6O6/c1-5-33(6-2)21-23-35(24-22-34(7-3)8-4)25-27(38)32-20-13-9-11-15-26(37)31-19-14-10-12-16-30(41)42-36-28(39)17-18-29(36)40/h5-25H2,1-4H3,(H,31,37)(H,32,38). The van der Waals surface area contributed by atoms with Crippen molar-refractivity contribution in [1.29, 1.82) is 0 Å². The van der Waals surface area contributed by atoms with Gasteiger partial charge in [0.1, 0.15) is 0 Å². The van der Waals surface area contributed by atoms with E-state index < -0.39 is 17.8 Å². The molecule has 4 amide bonds. The Bertz CT molecular complexity index is 786. The number of imide groups is 1. The Morgan fingerprint density at radius 1 is 0.643 bits per heavy atom. The summed E-state index contributed by atoms with van der Waals surface area (Å²) in [6.07, 6.45) is 5.20. The molecule has 12 nitrogen and oxygen atoms in total. The summed E-state index contributed by atoms with van der Waals surface area (Å²) in [6, 6.07) is 0. The van der Waals surface area contributed by atoms with E-state index in [-0.39, 0.29) is 31.1 Å². The number of nitrogens with zero attached hydrogens (tertiary/aromatic N) is 4. The molecule has 0 saturated carbocycles. The van der Waals surface area contributed by atoms with E-state index in [0.29, 0.717) is 37.5 Å². The van der Waals surface area contributed by atoms with E-state index in [0.717, 1.165) is 84.5 Å². The number of likely N-dealkylation sites (N-methyl/N-ethyl adjacent to an activating group) is 2. The van der Waals surface area contributed by atoms with Gasteiger partial charge in [0.05, 0.1) is 6.54 Å². The topological polar surface area (TPSA) is 132 Å². The Labute approximate surface area is 252 Å². The number of amides is 4. The largest absolute Gasteiger partial charge is 0.356 e. The van der Waals surface area contributed by atoms with Crippen LogP contribution in [0.1, 0.15) is 91.9 Å². The molecule has 1 fully saturated rings. The van der Waals surface area contributed by atoms with Gasteiger partial charge in [-0.2, -0.15) is 0 Å². The van der Waals surface area contributed by atoms with Crippen LogP contribution < -0.4 is 10.6 Å². The fraction of sp³-hybridized carbons (Fsp3) is 0.833. The first-order chi connectivity index (χ1) is 20.2. The molecule has 1 rings (SSSR count). The van der Waals surface area contributed by atoms with Gasteiger partial charge in [-0.1, -0.05) is 40.5 Å². The summed E-state index contributed by atoms with van der Waals surface area (Å²) in [6.45, 7) is 17.9. The zero-order valence-electron chi connectivity index (χ0n) is 26.6. The highest BCUT2D eigenvalue weighted by Crippen LogP contribution is 2.13. The molecule has 0 unspecified atom stereocenters. The summed E-state index contributed by atoms with van der Waals surface area (Å²) in [5.41, 5.74) is 0. The van der Waals surface area contributed by atoms with Crippen molar-refractivity contribution >= 4 is 29.6 Å². The zero-order valence-corrected chi connectivity index (χ0v) is 26.6. The highest BCUT2D eigenvalue weighted by molar-refractivity contribution is 6.01. The molecule has 0 bridgehead atoms. The summed E-state index contributed by atoms with van der Waals surface area (Å²) in [4.78, 5) is 71.2. The van der Waals surface area contributed by atoms with Crippen molar-refractivity contribution in [3.05, 3.63) is 0 Å². The normalized spacial score (nSPS) is 13.5. The molecule has 0 atom stereocenters. The number of carbonyl (C=O) groups is 5. The Hall–Kier alpha value is -2.57. The van der Waals surface area contributed by atoms with Crippen LogP contribution in [0, 0.1) is 0 Å². The molecule has 2 N–H and O–H groups in total. The summed E-state index contributed by atoms with van der Waals surface area (Å²) < 4.78 is 0. The molecule has 0 spiro atoms. The summed E-state index contributed by atoms with van der Waals surface area (Å²) in [5.74, 6) is -1.50. The van der Waals surface area contributed by atoms with Gasteiger partial charge in [0.15, 0.2) is 0 Å². The van der Waals surface area contributed by atoms with E-state index in [2.05, 4.69) is 53.0 Å². The van der Waals surface area contributed by atoms with Crippen LogP contribution in [0.4, 0.5) is 0 Å². The minimum Gasteiger partial charge on any atom is -0.356 e. The van der Waals surface area contributed by atoms with Gasteiger partial charge < -0.3 is 25.3 Å². The summed E-state index contributed by atoms with van der Waals surface area (Å²) >= 11 is 0. The van der Waals surface area contributed by atoms with Gasteiger partial charge in [0.2, 0.25) is 11.8 Å². The summed E-state index contributed by atoms with van der Waals surface area (Å²) in [5, 5.41) is 6.50. The number of nitrogens with one attached hydrogen (secondary N) is 2. The molecule has 0 radical (unpaired) electrons. The first-order valence-electron chi connectivity index (χ1n) is 16.0. The van der Waals surface area contributed by atoms with Crippen LogP contribution in [0.5, 0.6) is 0 Å². The van der Waals surface area contributed by atoms with Crippen LogP contribution in [0.2, 0.25) is 0 Å². The van der Waals surface area contributed by atoms with Gasteiger partial charge in [0.25, 0.3) is 11.8 Å². The molecule has 12 heteroatoms. The third-order valence-electron chi connectivity index (χ3n) is 7.60. The maximum atomic E-state index is 12.6. The molecule has 0 aromatic heterocycles. The second-order valence-electron chi connectivity index (χ2n) is 10.7. The molecular formula is C30H56N6O6. The number of rotatable bonds is 25. The van der Waals surface area contributed by atoms with Crippen molar-refractivity contribution in [2.45, 2.75) is 91.9 Å². The van der Waals surface area contributed by atoms with Crippen LogP contribution in [0.15, 0.2) is 0 Å². The van der Waals surface area contributed by atoms with Crippen LogP contribution >= 0.6 is 0 Å². The predicted molar refractivity (Wildman–Crippen MR) is 162 cm³/mol. The van der Waals surface area contributed by atoms with Gasteiger partial charge in [-0.25, -0.2) is 4.79 Å². The molecule has 1 heterocycles. The fourth-order valence-corrected chi connectivity index (χ4v) is 4.68. The predicted octanol–water partition coefficient (Wildman–Crippen LogP) is 1.93. The molecule has 1 aliphatic rings. The molecule has 1 saturated heterocycles. The number of hydrogen-bond donors (Lipinski definition) is 2. The minimum atomic E-state index is -0.596. The number of unbranched alkanes of at least 4 members (excludes halogenated alkanes) is 4. The van der Waals surface area contributed by atoms with Gasteiger partial charge in [0, 0.05) is 65.0 Å². The quantitative estimate of drug-likeness (QED) is 0.120. The lowest BCUT2D eigenvalue weighted by atomic mass is 10.1. The lowest BCUT2D eigenvalue weighted by Gasteiger charge is -2.28. The smallest absolute Gasteiger partial charge is 0.333 e. The van der Waals surface area contributed by atoms with E-state index >= 15 is 0 Å². The Morgan fingerprint density at radius 3 is 1.60 bits per heavy atom. The molecule has 1 aliphatic heterocycles. The molecule has 42 heavy (non-hydrogen) atoms. The Balaban J connectivity index is 2.11. The SMILES string of the molecule is CCN(CC)CCN(CCN(CC)CC)CC(=O)NCCCCCC(=O)NCCCCCC(=O)ON1C(=O)CCC1=O. The molecular weight excluding hydrogens is 540 g/mol. The summed E-state index contributed by atoms with van der Waals surface area (Å²) in [7, 11) is 0. The van der Waals surface area contributed by atoms with E-state index in [1.807, 2.05) is 0 Å². The monoisotopic (exact) mass is 596 g/mol. The van der Waals surface area contributed by atoms with Crippen molar-refractivity contribution in [3.8, 4) is 0 Å². The van der Waals surface area contributed by atoms with Crippen LogP contribution in [0.25, 0.3) is 0 Å². The average Bonchev–Trinajstić information content (AvgIpc) is 3.29. The molecule has 0 aliphatic carbocycles. The zero-order chi connectivity index (χ0) is 31.2. The van der Waals surface area contributed by atoms with Gasteiger partial charge in [-0.3, -0.25) is 24.1 Å². The van der Waals surface area contributed by atoms with Gasteiger partial charge >= 0.3 is 5.97 Å². The third-order valence-corrected chi connectivity index (χ3v) is 7.60.